The smallest absolute Gasteiger partial charge is 0.338 e. The fourth-order valence-corrected chi connectivity index (χ4v) is 5.06. The SMILES string of the molecule is O=C(COC(=O)c1ccc(S(=O)(=O)N2CCCCCC2)cc1)Nc1cccc(Cl)c1Cl. The van der Waals surface area contributed by atoms with Gasteiger partial charge in [0.15, 0.2) is 6.61 Å². The molecule has 31 heavy (non-hydrogen) atoms. The van der Waals surface area contributed by atoms with Gasteiger partial charge in [-0.15, -0.1) is 0 Å². The average Bonchev–Trinajstić information content (AvgIpc) is 3.05. The monoisotopic (exact) mass is 484 g/mol. The van der Waals surface area contributed by atoms with Crippen LogP contribution in [0.4, 0.5) is 5.69 Å². The molecular formula is C21H22Cl2N2O5S. The normalized spacial score (nSPS) is 15.2. The summed E-state index contributed by atoms with van der Waals surface area (Å²) in [5.74, 6) is -1.33. The van der Waals surface area contributed by atoms with Gasteiger partial charge in [0.05, 0.1) is 26.2 Å². The molecule has 1 aliphatic rings. The number of nitrogens with zero attached hydrogens (tertiary/aromatic N) is 1. The van der Waals surface area contributed by atoms with Crippen molar-refractivity contribution in [1.29, 1.82) is 0 Å². The number of halogens is 2. The van der Waals surface area contributed by atoms with Crippen LogP contribution in [-0.4, -0.2) is 44.3 Å². The van der Waals surface area contributed by atoms with Crippen LogP contribution in [0.15, 0.2) is 47.4 Å². The van der Waals surface area contributed by atoms with Crippen LogP contribution in [-0.2, 0) is 19.6 Å². The largest absolute Gasteiger partial charge is 0.452 e. The third-order valence-corrected chi connectivity index (χ3v) is 7.58. The first-order valence-corrected chi connectivity index (χ1v) is 12.0. The van der Waals surface area contributed by atoms with Crippen LogP contribution < -0.4 is 5.32 Å². The van der Waals surface area contributed by atoms with Gasteiger partial charge in [0.25, 0.3) is 5.91 Å². The zero-order chi connectivity index (χ0) is 22.4. The fourth-order valence-electron chi connectivity index (χ4n) is 3.20. The van der Waals surface area contributed by atoms with Crippen molar-refractivity contribution in [3.05, 3.63) is 58.1 Å². The zero-order valence-corrected chi connectivity index (χ0v) is 19.0. The second-order valence-electron chi connectivity index (χ2n) is 7.07. The van der Waals surface area contributed by atoms with Gasteiger partial charge in [-0.2, -0.15) is 4.31 Å². The lowest BCUT2D eigenvalue weighted by Crippen LogP contribution is -2.31. The summed E-state index contributed by atoms with van der Waals surface area (Å²) in [6.07, 6.45) is 3.72. The van der Waals surface area contributed by atoms with E-state index in [1.54, 1.807) is 18.2 Å². The Morgan fingerprint density at radius 1 is 0.968 bits per heavy atom. The molecule has 0 radical (unpaired) electrons. The minimum absolute atomic E-state index is 0.124. The summed E-state index contributed by atoms with van der Waals surface area (Å²) in [7, 11) is -3.60. The number of sulfonamides is 1. The highest BCUT2D eigenvalue weighted by atomic mass is 35.5. The molecule has 2 aromatic rings. The van der Waals surface area contributed by atoms with Gasteiger partial charge in [-0.1, -0.05) is 42.1 Å². The van der Waals surface area contributed by atoms with Gasteiger partial charge in [0, 0.05) is 13.1 Å². The number of ether oxygens (including phenoxy) is 1. The number of carbonyl (C=O) groups excluding carboxylic acids is 2. The van der Waals surface area contributed by atoms with Crippen molar-refractivity contribution in [2.75, 3.05) is 25.0 Å². The molecule has 3 rings (SSSR count). The van der Waals surface area contributed by atoms with Crippen molar-refractivity contribution in [1.82, 2.24) is 4.31 Å². The molecule has 10 heteroatoms. The average molecular weight is 485 g/mol. The molecule has 0 aliphatic carbocycles. The zero-order valence-electron chi connectivity index (χ0n) is 16.6. The van der Waals surface area contributed by atoms with Gasteiger partial charge in [0.1, 0.15) is 0 Å². The van der Waals surface area contributed by atoms with Crippen molar-refractivity contribution in [3.63, 3.8) is 0 Å². The number of nitrogens with one attached hydrogen (secondary N) is 1. The van der Waals surface area contributed by atoms with E-state index in [1.807, 2.05) is 0 Å². The molecular weight excluding hydrogens is 463 g/mol. The Labute approximate surface area is 191 Å². The number of hydrogen-bond acceptors (Lipinski definition) is 5. The van der Waals surface area contributed by atoms with E-state index < -0.39 is 28.5 Å². The molecule has 1 amide bonds. The maximum Gasteiger partial charge on any atom is 0.338 e. The number of carbonyl (C=O) groups is 2. The molecule has 0 aromatic heterocycles. The fraction of sp³-hybridized carbons (Fsp3) is 0.333. The Morgan fingerprint density at radius 2 is 1.61 bits per heavy atom. The molecule has 1 fully saturated rings. The summed E-state index contributed by atoms with van der Waals surface area (Å²) in [5, 5.41) is 2.98. The van der Waals surface area contributed by atoms with Gasteiger partial charge in [-0.3, -0.25) is 4.79 Å². The Balaban J connectivity index is 1.58. The maximum absolute atomic E-state index is 12.8. The van der Waals surface area contributed by atoms with Crippen LogP contribution in [0.5, 0.6) is 0 Å². The predicted octanol–water partition coefficient (Wildman–Crippen LogP) is 4.35. The minimum Gasteiger partial charge on any atom is -0.452 e. The van der Waals surface area contributed by atoms with Gasteiger partial charge >= 0.3 is 5.97 Å². The van der Waals surface area contributed by atoms with Gasteiger partial charge in [0.2, 0.25) is 10.0 Å². The Kier molecular flexibility index (Phi) is 7.94. The van der Waals surface area contributed by atoms with E-state index in [1.165, 1.54) is 28.6 Å². The first-order chi connectivity index (χ1) is 14.8. The molecule has 0 unspecified atom stereocenters. The number of anilines is 1. The van der Waals surface area contributed by atoms with E-state index in [9.17, 15) is 18.0 Å². The molecule has 166 valence electrons. The molecule has 0 atom stereocenters. The Hall–Kier alpha value is -2.13. The van der Waals surface area contributed by atoms with E-state index >= 15 is 0 Å². The highest BCUT2D eigenvalue weighted by Crippen LogP contribution is 2.29. The quantitative estimate of drug-likeness (QED) is 0.614. The summed E-state index contributed by atoms with van der Waals surface area (Å²) >= 11 is 11.9. The summed E-state index contributed by atoms with van der Waals surface area (Å²) in [6.45, 7) is 0.464. The van der Waals surface area contributed by atoms with Crippen LogP contribution in [0, 0.1) is 0 Å². The molecule has 1 heterocycles. The lowest BCUT2D eigenvalue weighted by atomic mass is 10.2. The van der Waals surface area contributed by atoms with Crippen molar-refractivity contribution in [2.45, 2.75) is 30.6 Å². The van der Waals surface area contributed by atoms with E-state index in [0.717, 1.165) is 25.7 Å². The lowest BCUT2D eigenvalue weighted by molar-refractivity contribution is -0.119. The number of rotatable bonds is 6. The van der Waals surface area contributed by atoms with Crippen molar-refractivity contribution in [2.24, 2.45) is 0 Å². The van der Waals surface area contributed by atoms with E-state index in [2.05, 4.69) is 5.32 Å². The van der Waals surface area contributed by atoms with Crippen LogP contribution in [0.2, 0.25) is 10.0 Å². The van der Waals surface area contributed by atoms with Crippen LogP contribution in [0.25, 0.3) is 0 Å². The summed E-state index contributed by atoms with van der Waals surface area (Å²) < 4.78 is 32.1. The summed E-state index contributed by atoms with van der Waals surface area (Å²) in [5.41, 5.74) is 0.446. The van der Waals surface area contributed by atoms with E-state index in [-0.39, 0.29) is 20.5 Å². The number of benzene rings is 2. The van der Waals surface area contributed by atoms with Crippen molar-refractivity contribution < 1.29 is 22.7 Å². The molecule has 1 saturated heterocycles. The van der Waals surface area contributed by atoms with Gasteiger partial charge in [-0.05, 0) is 49.2 Å². The minimum atomic E-state index is -3.60. The number of esters is 1. The first kappa shape index (κ1) is 23.5. The third-order valence-electron chi connectivity index (χ3n) is 4.85. The molecule has 1 aliphatic heterocycles. The standard InChI is InChI=1S/C21H22Cl2N2O5S/c22-17-6-5-7-18(20(17)23)24-19(26)14-30-21(27)15-8-10-16(11-9-15)31(28,29)25-12-3-1-2-4-13-25/h5-11H,1-4,12-14H2,(H,24,26). The topological polar surface area (TPSA) is 92.8 Å². The molecule has 2 aromatic carbocycles. The van der Waals surface area contributed by atoms with Gasteiger partial charge in [-0.25, -0.2) is 13.2 Å². The first-order valence-electron chi connectivity index (χ1n) is 9.80. The Morgan fingerprint density at radius 3 is 2.26 bits per heavy atom. The van der Waals surface area contributed by atoms with Crippen molar-refractivity contribution in [3.8, 4) is 0 Å². The second-order valence-corrected chi connectivity index (χ2v) is 9.79. The second kappa shape index (κ2) is 10.5. The van der Waals surface area contributed by atoms with Crippen molar-refractivity contribution >= 4 is 50.8 Å². The molecule has 7 nitrogen and oxygen atoms in total. The number of hydrogen-bond donors (Lipinski definition) is 1. The third kappa shape index (κ3) is 5.98. The molecule has 0 bridgehead atoms. The predicted molar refractivity (Wildman–Crippen MR) is 119 cm³/mol. The summed E-state index contributed by atoms with van der Waals surface area (Å²) in [6, 6.07) is 10.3. The van der Waals surface area contributed by atoms with Crippen LogP contribution >= 0.6 is 23.2 Å². The highest BCUT2D eigenvalue weighted by molar-refractivity contribution is 7.89. The molecule has 1 N–H and O–H groups in total. The van der Waals surface area contributed by atoms with Gasteiger partial charge < -0.3 is 10.1 Å². The van der Waals surface area contributed by atoms with E-state index in [0.29, 0.717) is 18.8 Å². The van der Waals surface area contributed by atoms with Crippen LogP contribution in [0.1, 0.15) is 36.0 Å². The molecule has 0 saturated carbocycles. The van der Waals surface area contributed by atoms with Crippen LogP contribution in [0.3, 0.4) is 0 Å². The summed E-state index contributed by atoms with van der Waals surface area (Å²) in [4.78, 5) is 24.4. The van der Waals surface area contributed by atoms with E-state index in [4.69, 9.17) is 27.9 Å². The lowest BCUT2D eigenvalue weighted by Gasteiger charge is -2.20. The number of amides is 1. The maximum atomic E-state index is 12.8. The molecule has 0 spiro atoms. The Bertz CT molecular complexity index is 1050. The highest BCUT2D eigenvalue weighted by Gasteiger charge is 2.25.